The van der Waals surface area contributed by atoms with Crippen molar-refractivity contribution >= 4 is 96.5 Å². The fourth-order valence-electron chi connectivity index (χ4n) is 13.4. The molecule has 0 amide bonds. The molecule has 3 aromatic heterocycles. The van der Waals surface area contributed by atoms with E-state index in [1.54, 1.807) is 0 Å². The van der Waals surface area contributed by atoms with E-state index in [-0.39, 0.29) is 10.8 Å². The molecular weight excluding hydrogens is 891 g/mol. The monoisotopic (exact) mass is 935 g/mol. The van der Waals surface area contributed by atoms with Crippen molar-refractivity contribution in [3.05, 3.63) is 222 Å². The number of thiophene rings is 1. The van der Waals surface area contributed by atoms with Crippen molar-refractivity contribution in [2.45, 2.75) is 38.5 Å². The van der Waals surface area contributed by atoms with Crippen LogP contribution in [0, 0.1) is 0 Å². The minimum Gasteiger partial charge on any atom is -0.308 e. The van der Waals surface area contributed by atoms with Gasteiger partial charge in [0.1, 0.15) is 0 Å². The Hall–Kier alpha value is -8.44. The quantitative estimate of drug-likeness (QED) is 0.165. The van der Waals surface area contributed by atoms with Crippen LogP contribution in [-0.4, -0.2) is 14.5 Å². The lowest BCUT2D eigenvalue weighted by Gasteiger charge is -2.23. The fourth-order valence-corrected chi connectivity index (χ4v) is 14.6. The SMILES string of the molecule is CC1(C)c2ccccc2-c2ccc(-c3nc(-c4ccc5c(c4)C(C)(C)c4cc(-n6c7ccccc7c7c8ccccc8c8c9ccccc9sc8c76)ccc4-5)nc4c5ccccc5c5ccccc5c34)cc21. The summed E-state index contributed by atoms with van der Waals surface area (Å²) in [5.41, 5.74) is 17.8. The second-order valence-electron chi connectivity index (χ2n) is 21.2. The average molecular weight is 936 g/mol. The number of para-hydroxylation sites is 1. The highest BCUT2D eigenvalue weighted by Gasteiger charge is 2.38. The van der Waals surface area contributed by atoms with Gasteiger partial charge in [-0.05, 0) is 108 Å². The molecule has 0 spiro atoms. The third-order valence-corrected chi connectivity index (χ3v) is 17.9. The first kappa shape index (κ1) is 40.3. The Kier molecular flexibility index (Phi) is 7.91. The van der Waals surface area contributed by atoms with Gasteiger partial charge in [-0.25, -0.2) is 9.97 Å². The molecule has 0 atom stereocenters. The second-order valence-corrected chi connectivity index (χ2v) is 22.2. The first-order valence-corrected chi connectivity index (χ1v) is 26.0. The van der Waals surface area contributed by atoms with E-state index in [0.29, 0.717) is 0 Å². The Morgan fingerprint density at radius 3 is 1.65 bits per heavy atom. The summed E-state index contributed by atoms with van der Waals surface area (Å²) in [5, 5.41) is 13.7. The van der Waals surface area contributed by atoms with Gasteiger partial charge < -0.3 is 4.57 Å². The zero-order valence-corrected chi connectivity index (χ0v) is 41.1. The van der Waals surface area contributed by atoms with Crippen molar-refractivity contribution in [1.82, 2.24) is 14.5 Å². The van der Waals surface area contributed by atoms with Gasteiger partial charge in [0, 0.05) is 64.7 Å². The molecule has 0 bridgehead atoms. The Morgan fingerprint density at radius 1 is 0.389 bits per heavy atom. The van der Waals surface area contributed by atoms with Crippen molar-refractivity contribution in [2.75, 3.05) is 0 Å². The molecule has 16 rings (SSSR count). The van der Waals surface area contributed by atoms with Crippen LogP contribution in [-0.2, 0) is 10.8 Å². The number of benzene rings is 11. The van der Waals surface area contributed by atoms with Crippen LogP contribution in [0.15, 0.2) is 200 Å². The van der Waals surface area contributed by atoms with Gasteiger partial charge in [-0.1, -0.05) is 191 Å². The lowest BCUT2D eigenvalue weighted by atomic mass is 9.81. The average Bonchev–Trinajstić information content (AvgIpc) is 4.12. The van der Waals surface area contributed by atoms with Gasteiger partial charge in [0.15, 0.2) is 5.82 Å². The molecule has 0 fully saturated rings. The van der Waals surface area contributed by atoms with Crippen LogP contribution in [0.25, 0.3) is 136 Å². The first-order valence-electron chi connectivity index (χ1n) is 25.2. The summed E-state index contributed by atoms with van der Waals surface area (Å²) in [6.45, 7) is 9.50. The third-order valence-electron chi connectivity index (χ3n) is 16.8. The molecule has 4 heteroatoms. The lowest BCUT2D eigenvalue weighted by molar-refractivity contribution is 0.660. The van der Waals surface area contributed by atoms with Crippen LogP contribution >= 0.6 is 11.3 Å². The van der Waals surface area contributed by atoms with E-state index in [1.807, 2.05) is 11.3 Å². The summed E-state index contributed by atoms with van der Waals surface area (Å²) < 4.78 is 5.20. The molecule has 0 aliphatic heterocycles. The van der Waals surface area contributed by atoms with Crippen molar-refractivity contribution in [3.8, 4) is 50.6 Å². The van der Waals surface area contributed by atoms with Gasteiger partial charge in [0.2, 0.25) is 0 Å². The van der Waals surface area contributed by atoms with E-state index in [0.717, 1.165) is 38.9 Å². The fraction of sp³-hybridized carbons (Fsp3) is 0.0882. The highest BCUT2D eigenvalue weighted by molar-refractivity contribution is 7.27. The normalized spacial score (nSPS) is 14.3. The lowest BCUT2D eigenvalue weighted by Crippen LogP contribution is -2.15. The first-order chi connectivity index (χ1) is 35.2. The van der Waals surface area contributed by atoms with Gasteiger partial charge in [0.25, 0.3) is 0 Å². The number of hydrogen-bond donors (Lipinski definition) is 0. The van der Waals surface area contributed by atoms with Crippen LogP contribution in [0.1, 0.15) is 49.9 Å². The molecule has 2 aliphatic rings. The molecule has 0 saturated heterocycles. The summed E-state index contributed by atoms with van der Waals surface area (Å²) in [5.74, 6) is 0.737. The number of hydrogen-bond acceptors (Lipinski definition) is 3. The summed E-state index contributed by atoms with van der Waals surface area (Å²) >= 11 is 1.92. The number of fused-ring (bicyclic) bond motifs is 22. The van der Waals surface area contributed by atoms with Crippen molar-refractivity contribution < 1.29 is 0 Å². The molecule has 0 unspecified atom stereocenters. The smallest absolute Gasteiger partial charge is 0.160 e. The summed E-state index contributed by atoms with van der Waals surface area (Å²) in [6, 6.07) is 74.5. The Labute approximate surface area is 420 Å². The number of aromatic nitrogens is 3. The topological polar surface area (TPSA) is 30.7 Å². The van der Waals surface area contributed by atoms with Crippen molar-refractivity contribution in [1.29, 1.82) is 0 Å². The summed E-state index contributed by atoms with van der Waals surface area (Å²) in [4.78, 5) is 11.3. The zero-order valence-electron chi connectivity index (χ0n) is 40.3. The summed E-state index contributed by atoms with van der Waals surface area (Å²) in [7, 11) is 0. The van der Waals surface area contributed by atoms with Crippen molar-refractivity contribution in [3.63, 3.8) is 0 Å². The van der Waals surface area contributed by atoms with E-state index in [1.165, 1.54) is 119 Å². The highest BCUT2D eigenvalue weighted by atomic mass is 32.1. The number of nitrogens with zero attached hydrogens (tertiary/aromatic N) is 3. The van der Waals surface area contributed by atoms with E-state index < -0.39 is 0 Å². The molecule has 3 heterocycles. The molecule has 11 aromatic carbocycles. The predicted molar refractivity (Wildman–Crippen MR) is 305 cm³/mol. The molecule has 338 valence electrons. The predicted octanol–water partition coefficient (Wildman–Crippen LogP) is 18.5. The van der Waals surface area contributed by atoms with Crippen LogP contribution in [0.3, 0.4) is 0 Å². The van der Waals surface area contributed by atoms with E-state index in [4.69, 9.17) is 9.97 Å². The highest BCUT2D eigenvalue weighted by Crippen LogP contribution is 2.54. The summed E-state index contributed by atoms with van der Waals surface area (Å²) in [6.07, 6.45) is 0. The molecule has 0 saturated carbocycles. The maximum atomic E-state index is 5.70. The van der Waals surface area contributed by atoms with Gasteiger partial charge in [-0.15, -0.1) is 11.3 Å². The van der Waals surface area contributed by atoms with Gasteiger partial charge in [-0.3, -0.25) is 0 Å². The van der Waals surface area contributed by atoms with E-state index in [2.05, 4.69) is 232 Å². The van der Waals surface area contributed by atoms with Crippen LogP contribution in [0.2, 0.25) is 0 Å². The largest absolute Gasteiger partial charge is 0.308 e. The maximum absolute atomic E-state index is 5.70. The van der Waals surface area contributed by atoms with Gasteiger partial charge >= 0.3 is 0 Å². The van der Waals surface area contributed by atoms with Crippen LogP contribution in [0.4, 0.5) is 0 Å². The molecule has 0 radical (unpaired) electrons. The van der Waals surface area contributed by atoms with Gasteiger partial charge in [0.05, 0.1) is 26.9 Å². The molecule has 72 heavy (non-hydrogen) atoms. The zero-order chi connectivity index (χ0) is 47.8. The third kappa shape index (κ3) is 5.19. The standard InChI is InChI=1S/C68H45N3S/c1-67(2)53-26-14-11-19-43(53)44-32-29-38(35-54(44)67)62-61-47-20-7-5-17-41(47)42-18-6-10-23-50(42)63(61)70-66(69-62)39-30-33-45-46-34-31-40(37-56(46)68(3,4)55(45)36-39)71-57-27-15-12-24-51(57)59-48-21-8-9-22-49(48)60-52-25-13-16-28-58(52)72-65(60)64(59)71/h5-37H,1-4H3. The minimum absolute atomic E-state index is 0.149. The van der Waals surface area contributed by atoms with Crippen LogP contribution < -0.4 is 0 Å². The molecule has 0 N–H and O–H groups in total. The maximum Gasteiger partial charge on any atom is 0.160 e. The van der Waals surface area contributed by atoms with E-state index >= 15 is 0 Å². The molecule has 14 aromatic rings. The second kappa shape index (κ2) is 14.1. The Morgan fingerprint density at radius 2 is 0.903 bits per heavy atom. The number of rotatable bonds is 3. The van der Waals surface area contributed by atoms with Crippen LogP contribution in [0.5, 0.6) is 0 Å². The molecular formula is C68H45N3S. The molecule has 2 aliphatic carbocycles. The van der Waals surface area contributed by atoms with Crippen molar-refractivity contribution in [2.24, 2.45) is 0 Å². The minimum atomic E-state index is -0.307. The van der Waals surface area contributed by atoms with Gasteiger partial charge in [-0.2, -0.15) is 0 Å². The molecule has 3 nitrogen and oxygen atoms in total. The van der Waals surface area contributed by atoms with E-state index in [9.17, 15) is 0 Å². The Balaban J connectivity index is 0.897. The Bertz CT molecular complexity index is 4760.